The first kappa shape index (κ1) is 14.1. The fourth-order valence-electron chi connectivity index (χ4n) is 2.28. The van der Waals surface area contributed by atoms with Crippen LogP contribution in [0.3, 0.4) is 0 Å². The van der Waals surface area contributed by atoms with Gasteiger partial charge in [0.15, 0.2) is 0 Å². The average molecular weight is 286 g/mol. The van der Waals surface area contributed by atoms with Crippen molar-refractivity contribution in [2.75, 3.05) is 20.3 Å². The molecular weight excluding hydrogens is 270 g/mol. The first-order valence-corrected chi connectivity index (χ1v) is 6.35. The van der Waals surface area contributed by atoms with Gasteiger partial charge in [-0.2, -0.15) is 0 Å². The maximum atomic E-state index is 11.1. The first-order chi connectivity index (χ1) is 9.00. The number of phenolic OH excluding ortho intramolecular Hbond substituents is 1. The molecular formula is C13H16ClNO4. The lowest BCUT2D eigenvalue weighted by molar-refractivity contribution is -0.143. The van der Waals surface area contributed by atoms with Gasteiger partial charge >= 0.3 is 5.97 Å². The summed E-state index contributed by atoms with van der Waals surface area (Å²) >= 11 is 6.04. The van der Waals surface area contributed by atoms with Gasteiger partial charge in [-0.3, -0.25) is 9.69 Å². The molecule has 1 aliphatic rings. The molecule has 1 saturated heterocycles. The number of halogens is 1. The lowest BCUT2D eigenvalue weighted by Gasteiger charge is -2.26. The largest absolute Gasteiger partial charge is 0.508 e. The molecule has 5 nitrogen and oxygen atoms in total. The average Bonchev–Trinajstić information content (AvgIpc) is 2.83. The topological polar surface area (TPSA) is 70.0 Å². The van der Waals surface area contributed by atoms with Crippen molar-refractivity contribution in [3.05, 3.63) is 28.8 Å². The summed E-state index contributed by atoms with van der Waals surface area (Å²) in [5, 5.41) is 19.4. The molecule has 1 aromatic rings. The maximum absolute atomic E-state index is 11.1. The summed E-state index contributed by atoms with van der Waals surface area (Å²) in [6, 6.07) is 4.71. The molecule has 0 saturated carbocycles. The van der Waals surface area contributed by atoms with E-state index in [2.05, 4.69) is 0 Å². The Morgan fingerprint density at radius 1 is 1.53 bits per heavy atom. The van der Waals surface area contributed by atoms with Gasteiger partial charge in [-0.25, -0.2) is 0 Å². The Kier molecular flexibility index (Phi) is 4.29. The van der Waals surface area contributed by atoms with Gasteiger partial charge in [0.1, 0.15) is 5.75 Å². The van der Waals surface area contributed by atoms with Crippen LogP contribution < -0.4 is 0 Å². The summed E-state index contributed by atoms with van der Waals surface area (Å²) in [4.78, 5) is 13.0. The number of rotatable bonds is 4. The van der Waals surface area contributed by atoms with Crippen LogP contribution in [0.1, 0.15) is 5.56 Å². The molecule has 2 unspecified atom stereocenters. The van der Waals surface area contributed by atoms with Gasteiger partial charge in [0.05, 0.1) is 19.1 Å². The molecule has 104 valence electrons. The summed E-state index contributed by atoms with van der Waals surface area (Å²) in [5.74, 6) is -1.29. The molecule has 0 spiro atoms. The Morgan fingerprint density at radius 3 is 2.89 bits per heavy atom. The van der Waals surface area contributed by atoms with Crippen LogP contribution >= 0.6 is 11.6 Å². The summed E-state index contributed by atoms with van der Waals surface area (Å²) in [6.07, 6.45) is 0. The van der Waals surface area contributed by atoms with E-state index < -0.39 is 11.9 Å². The Balaban J connectivity index is 2.13. The van der Waals surface area contributed by atoms with Crippen LogP contribution in [0, 0.1) is 5.92 Å². The fraction of sp³-hybridized carbons (Fsp3) is 0.462. The predicted octanol–water partition coefficient (Wildman–Crippen LogP) is 1.58. The van der Waals surface area contributed by atoms with Gasteiger partial charge in [-0.1, -0.05) is 17.7 Å². The zero-order valence-corrected chi connectivity index (χ0v) is 11.3. The Labute approximate surface area is 116 Å². The van der Waals surface area contributed by atoms with Crippen LogP contribution in [-0.4, -0.2) is 47.4 Å². The molecule has 0 aromatic heterocycles. The highest BCUT2D eigenvalue weighted by Gasteiger charge is 2.36. The summed E-state index contributed by atoms with van der Waals surface area (Å²) < 4.78 is 5.23. The SMILES string of the molecule is CN(Cc1c(O)cccc1Cl)C1COCC1C(=O)O. The van der Waals surface area contributed by atoms with E-state index in [1.807, 2.05) is 4.90 Å². The van der Waals surface area contributed by atoms with Crippen LogP contribution in [0.5, 0.6) is 5.75 Å². The van der Waals surface area contributed by atoms with Gasteiger partial charge in [-0.05, 0) is 19.2 Å². The van der Waals surface area contributed by atoms with Crippen LogP contribution in [0.25, 0.3) is 0 Å². The quantitative estimate of drug-likeness (QED) is 0.879. The van der Waals surface area contributed by atoms with Crippen molar-refractivity contribution in [2.24, 2.45) is 5.92 Å². The third-order valence-corrected chi connectivity index (χ3v) is 3.79. The maximum Gasteiger partial charge on any atom is 0.310 e. The number of hydrogen-bond acceptors (Lipinski definition) is 4. The molecule has 2 atom stereocenters. The molecule has 0 amide bonds. The fourth-order valence-corrected chi connectivity index (χ4v) is 2.51. The van der Waals surface area contributed by atoms with Crippen molar-refractivity contribution in [1.29, 1.82) is 0 Å². The lowest BCUT2D eigenvalue weighted by atomic mass is 10.0. The Morgan fingerprint density at radius 2 is 2.26 bits per heavy atom. The number of ether oxygens (including phenoxy) is 1. The highest BCUT2D eigenvalue weighted by Crippen LogP contribution is 2.28. The second kappa shape index (κ2) is 5.77. The molecule has 0 aliphatic carbocycles. The van der Waals surface area contributed by atoms with E-state index in [1.165, 1.54) is 0 Å². The van der Waals surface area contributed by atoms with Gasteiger partial charge in [-0.15, -0.1) is 0 Å². The molecule has 19 heavy (non-hydrogen) atoms. The number of likely N-dealkylation sites (N-methyl/N-ethyl adjacent to an activating group) is 1. The minimum absolute atomic E-state index is 0.116. The van der Waals surface area contributed by atoms with Crippen molar-refractivity contribution in [3.63, 3.8) is 0 Å². The van der Waals surface area contributed by atoms with E-state index in [9.17, 15) is 9.90 Å². The second-order valence-electron chi connectivity index (χ2n) is 4.70. The summed E-state index contributed by atoms with van der Waals surface area (Å²) in [7, 11) is 1.80. The van der Waals surface area contributed by atoms with Gasteiger partial charge in [0.2, 0.25) is 0 Å². The van der Waals surface area contributed by atoms with E-state index in [-0.39, 0.29) is 18.4 Å². The van der Waals surface area contributed by atoms with E-state index in [0.717, 1.165) is 0 Å². The molecule has 1 fully saturated rings. The third kappa shape index (κ3) is 3.00. The van der Waals surface area contributed by atoms with Crippen LogP contribution in [0.4, 0.5) is 0 Å². The molecule has 1 heterocycles. The Bertz CT molecular complexity index is 459. The standard InChI is InChI=1S/C13H16ClNO4/c1-15(11-7-19-6-9(11)13(17)18)5-8-10(14)3-2-4-12(8)16/h2-4,9,11,16H,5-7H2,1H3,(H,17,18). The van der Waals surface area contributed by atoms with Crippen molar-refractivity contribution in [3.8, 4) is 5.75 Å². The number of hydrogen-bond donors (Lipinski definition) is 2. The number of aliphatic carboxylic acids is 1. The van der Waals surface area contributed by atoms with Crippen molar-refractivity contribution in [2.45, 2.75) is 12.6 Å². The second-order valence-corrected chi connectivity index (χ2v) is 5.11. The lowest BCUT2D eigenvalue weighted by Crippen LogP contribution is -2.40. The minimum atomic E-state index is -0.863. The zero-order chi connectivity index (χ0) is 14.0. The molecule has 1 aromatic carbocycles. The van der Waals surface area contributed by atoms with Gasteiger partial charge in [0, 0.05) is 23.2 Å². The molecule has 0 radical (unpaired) electrons. The molecule has 1 aliphatic heterocycles. The van der Waals surface area contributed by atoms with E-state index >= 15 is 0 Å². The molecule has 2 rings (SSSR count). The summed E-state index contributed by atoms with van der Waals surface area (Å²) in [6.45, 7) is 0.973. The zero-order valence-electron chi connectivity index (χ0n) is 10.5. The number of aromatic hydroxyl groups is 1. The normalized spacial score (nSPS) is 22.9. The molecule has 0 bridgehead atoms. The van der Waals surface area contributed by atoms with Crippen molar-refractivity contribution in [1.82, 2.24) is 4.90 Å². The van der Waals surface area contributed by atoms with Crippen LogP contribution in [-0.2, 0) is 16.1 Å². The smallest absolute Gasteiger partial charge is 0.310 e. The predicted molar refractivity (Wildman–Crippen MR) is 70.3 cm³/mol. The van der Waals surface area contributed by atoms with E-state index in [4.69, 9.17) is 21.4 Å². The third-order valence-electron chi connectivity index (χ3n) is 3.44. The van der Waals surface area contributed by atoms with Gasteiger partial charge in [0.25, 0.3) is 0 Å². The highest BCUT2D eigenvalue weighted by molar-refractivity contribution is 6.31. The number of benzene rings is 1. The van der Waals surface area contributed by atoms with Crippen LogP contribution in [0.2, 0.25) is 5.02 Å². The molecule has 6 heteroatoms. The van der Waals surface area contributed by atoms with E-state index in [1.54, 1.807) is 25.2 Å². The highest BCUT2D eigenvalue weighted by atomic mass is 35.5. The number of phenols is 1. The summed E-state index contributed by atoms with van der Waals surface area (Å²) in [5.41, 5.74) is 0.600. The number of nitrogens with zero attached hydrogens (tertiary/aromatic N) is 1. The van der Waals surface area contributed by atoms with Crippen molar-refractivity contribution < 1.29 is 19.7 Å². The first-order valence-electron chi connectivity index (χ1n) is 5.98. The number of carboxylic acids is 1. The van der Waals surface area contributed by atoms with Crippen LogP contribution in [0.15, 0.2) is 18.2 Å². The number of carbonyl (C=O) groups is 1. The Hall–Kier alpha value is -1.30. The van der Waals surface area contributed by atoms with Gasteiger partial charge < -0.3 is 14.9 Å². The van der Waals surface area contributed by atoms with Crippen molar-refractivity contribution >= 4 is 17.6 Å². The minimum Gasteiger partial charge on any atom is -0.508 e. The van der Waals surface area contributed by atoms with E-state index in [0.29, 0.717) is 23.7 Å². The number of carboxylic acid groups (broad SMARTS) is 1. The molecule has 2 N–H and O–H groups in total. The monoisotopic (exact) mass is 285 g/mol.